The summed E-state index contributed by atoms with van der Waals surface area (Å²) in [6.45, 7) is 47.2. The number of anilines is 2. The molecule has 13 aromatic rings. The number of aromatic amines is 1. The zero-order valence-corrected chi connectivity index (χ0v) is 70.2. The van der Waals surface area contributed by atoms with E-state index in [9.17, 15) is 4.79 Å². The molecule has 0 radical (unpaired) electrons. The molecule has 9 nitrogen and oxygen atoms in total. The topological polar surface area (TPSA) is 141 Å². The lowest BCUT2D eigenvalue weighted by molar-refractivity contribution is 0.487. The molecule has 0 amide bonds. The van der Waals surface area contributed by atoms with Crippen LogP contribution in [0.2, 0.25) is 0 Å². The number of rotatable bonds is 7. The first kappa shape index (κ1) is 80.1. The molecule has 4 aromatic heterocycles. The van der Waals surface area contributed by atoms with Crippen LogP contribution in [-0.4, -0.2) is 29.3 Å². The molecule has 5 aliphatic rings. The van der Waals surface area contributed by atoms with Gasteiger partial charge in [0, 0.05) is 41.1 Å². The van der Waals surface area contributed by atoms with E-state index in [2.05, 4.69) is 314 Å². The molecule has 0 saturated carbocycles. The molecule has 0 spiro atoms. The molecule has 0 aliphatic heterocycles. The van der Waals surface area contributed by atoms with Crippen molar-refractivity contribution in [1.29, 1.82) is 0 Å². The average Bonchev–Trinajstić information content (AvgIpc) is 1.04. The molecular formula is C101H124N8O. The van der Waals surface area contributed by atoms with E-state index >= 15 is 0 Å². The summed E-state index contributed by atoms with van der Waals surface area (Å²) >= 11 is 0. The van der Waals surface area contributed by atoms with Crippen molar-refractivity contribution in [3.05, 3.63) is 268 Å². The Labute approximate surface area is 657 Å². The van der Waals surface area contributed by atoms with Crippen LogP contribution in [-0.2, 0) is 32.1 Å². The van der Waals surface area contributed by atoms with Crippen LogP contribution >= 0.6 is 0 Å². The molecule has 0 fully saturated rings. The minimum atomic E-state index is -0.0596. The molecule has 9 aromatic carbocycles. The van der Waals surface area contributed by atoms with Crippen LogP contribution in [0.15, 0.2) is 151 Å². The van der Waals surface area contributed by atoms with E-state index in [4.69, 9.17) is 11.5 Å². The molecule has 0 saturated heterocycles. The number of imidazole rings is 1. The largest absolute Gasteiger partial charge is 0.383 e. The Hall–Kier alpha value is -9.47. The Morgan fingerprint density at radius 3 is 1.60 bits per heavy atom. The Morgan fingerprint density at radius 1 is 0.436 bits per heavy atom. The van der Waals surface area contributed by atoms with Crippen LogP contribution in [0.25, 0.3) is 65.6 Å². The first-order valence-electron chi connectivity index (χ1n) is 41.4. The fraction of sp³-hybridized carbons (Fsp3) is 0.416. The average molecular weight is 1470 g/mol. The van der Waals surface area contributed by atoms with Crippen LogP contribution in [0, 0.1) is 72.1 Å². The molecule has 4 atom stereocenters. The summed E-state index contributed by atoms with van der Waals surface area (Å²) in [6.07, 6.45) is 21.7. The number of hydrogen-bond acceptors (Lipinski definition) is 7. The lowest BCUT2D eigenvalue weighted by atomic mass is 9.85. The summed E-state index contributed by atoms with van der Waals surface area (Å²) in [5, 5.41) is 14.1. The number of fused-ring (bicyclic) bond motifs is 10. The quantitative estimate of drug-likeness (QED) is 0.135. The first-order chi connectivity index (χ1) is 52.5. The number of H-pyrrole nitrogens is 1. The van der Waals surface area contributed by atoms with E-state index in [0.29, 0.717) is 47.2 Å². The van der Waals surface area contributed by atoms with Gasteiger partial charge in [0.15, 0.2) is 0 Å². The van der Waals surface area contributed by atoms with Gasteiger partial charge >= 0.3 is 0 Å². The second-order valence-electron chi connectivity index (χ2n) is 34.9. The van der Waals surface area contributed by atoms with Gasteiger partial charge in [0.05, 0.1) is 11.4 Å². The van der Waals surface area contributed by atoms with E-state index in [1.54, 1.807) is 28.6 Å². The van der Waals surface area contributed by atoms with Crippen LogP contribution in [0.1, 0.15) is 282 Å². The van der Waals surface area contributed by atoms with E-state index in [-0.39, 0.29) is 11.5 Å². The maximum Gasteiger partial charge on any atom is 0.255 e. The van der Waals surface area contributed by atoms with Crippen LogP contribution in [0.4, 0.5) is 11.8 Å². The maximum absolute atomic E-state index is 11.5. The standard InChI is InChI=1S/C20H18.C18H20.C15H18.C14H18N2.C14H20.C10H15N3O.C10H15N3/c1-12(2)16-10-9-15-8-7-14-5-4-6-17-13(3)11-18(16)20(15)19(14)17;1-12(2)14-9-6-10-17-16-8-5-4-7-15(16)13(3)11-18(14)17;1-10(2)13-6-5-7-14-12(4)8-11(3)9-15(13)14;1-9(2)11-4-5-12-13(11)8-10(3)16-7-6-15-14(12)16;1-9(2)12-5-6-13-11(4)7-10(3)8-14(12)13;1-5(2)6-3-4-7-8(6)12-10(11)13-9(7)14;1-6(2)7-3-4-8-9(7)12-5-13-10(8)11/h4-12H,1-3H3;4,6-7,9-12H,5,8H2,1-3H3;5-10H,1-4H3;6-9,11H,4-5H2,1-3H3;7-9,12H,5-6H2,1-4H3;5-6H,3-4H2,1-2H3,(H3,11,12,13,14);5-7H,3-4H2,1-2H3,(H2,11,12,13). The lowest BCUT2D eigenvalue weighted by Crippen LogP contribution is -2.17. The highest BCUT2D eigenvalue weighted by Gasteiger charge is 2.32. The number of aryl methyl sites for hydroxylation is 9. The molecular weight excluding hydrogens is 1340 g/mol. The highest BCUT2D eigenvalue weighted by atomic mass is 16.1. The molecule has 18 rings (SSSR count). The smallest absolute Gasteiger partial charge is 0.255 e. The lowest BCUT2D eigenvalue weighted by Gasteiger charge is -2.19. The monoisotopic (exact) mass is 1460 g/mol. The van der Waals surface area contributed by atoms with Crippen molar-refractivity contribution < 1.29 is 0 Å². The highest BCUT2D eigenvalue weighted by molar-refractivity contribution is 6.24. The molecule has 110 heavy (non-hydrogen) atoms. The summed E-state index contributed by atoms with van der Waals surface area (Å²) in [5.41, 5.74) is 40.0. The van der Waals surface area contributed by atoms with Crippen molar-refractivity contribution in [2.75, 3.05) is 11.5 Å². The predicted octanol–water partition coefficient (Wildman–Crippen LogP) is 25.9. The first-order valence-corrected chi connectivity index (χ1v) is 41.4. The van der Waals surface area contributed by atoms with Crippen LogP contribution in [0.3, 0.4) is 0 Å². The van der Waals surface area contributed by atoms with Crippen molar-refractivity contribution in [2.24, 2.45) is 23.7 Å². The van der Waals surface area contributed by atoms with Crippen molar-refractivity contribution in [3.63, 3.8) is 0 Å². The van der Waals surface area contributed by atoms with E-state index in [0.717, 1.165) is 54.2 Å². The molecule has 9 heteroatoms. The fourth-order valence-electron chi connectivity index (χ4n) is 19.1. The number of nitrogens with one attached hydrogen (secondary N) is 1. The molecule has 5 aliphatic carbocycles. The third-order valence-electron chi connectivity index (χ3n) is 24.8. The highest BCUT2D eigenvalue weighted by Crippen LogP contribution is 2.45. The molecule has 4 heterocycles. The molecule has 0 bridgehead atoms. The molecule has 4 unspecified atom stereocenters. The summed E-state index contributed by atoms with van der Waals surface area (Å²) in [5.74, 6) is 7.86. The Balaban J connectivity index is 0.000000120. The Kier molecular flexibility index (Phi) is 24.8. The van der Waals surface area contributed by atoms with Crippen molar-refractivity contribution in [1.82, 2.24) is 29.3 Å². The summed E-state index contributed by atoms with van der Waals surface area (Å²) in [7, 11) is 0. The van der Waals surface area contributed by atoms with Gasteiger partial charge in [-0.25, -0.2) is 19.9 Å². The van der Waals surface area contributed by atoms with Gasteiger partial charge in [-0.15, -0.1) is 0 Å². The minimum Gasteiger partial charge on any atom is -0.383 e. The minimum absolute atomic E-state index is 0.0596. The summed E-state index contributed by atoms with van der Waals surface area (Å²) < 4.78 is 2.21. The van der Waals surface area contributed by atoms with E-state index < -0.39 is 0 Å². The normalized spacial score (nSPS) is 16.5. The van der Waals surface area contributed by atoms with Gasteiger partial charge in [-0.2, -0.15) is 0 Å². The van der Waals surface area contributed by atoms with Gasteiger partial charge in [-0.1, -0.05) is 235 Å². The van der Waals surface area contributed by atoms with Gasteiger partial charge in [0.2, 0.25) is 5.95 Å². The number of nitrogen functional groups attached to an aromatic ring is 2. The molecule has 574 valence electrons. The number of pyridine rings is 1. The third-order valence-corrected chi connectivity index (χ3v) is 24.8. The van der Waals surface area contributed by atoms with Crippen LogP contribution in [0.5, 0.6) is 0 Å². The van der Waals surface area contributed by atoms with Crippen molar-refractivity contribution >= 4 is 77.4 Å². The number of allylic oxidation sites excluding steroid dienone is 1. The number of aromatic nitrogens is 6. The SMILES string of the molecule is CC(C)C1CCc2c(N)ncnc21.CC(C)C1CCc2c1nc(N)[nH]c2=O.Cc1cc(C)c2c(c1)C(C(C)C)CC2.Cc1cc(C)c2cccc(C(C)C)c2c1.Cc1cc2c(C(C)C)ccc3ccc4cccc1c4c32.Cc1cc2c(C(C)C)cccc2c2c1C=CCC2.Cc1cc2c(c3nccn13)CCC2C(C)C. The van der Waals surface area contributed by atoms with Gasteiger partial charge in [-0.3, -0.25) is 9.78 Å². The zero-order chi connectivity index (χ0) is 78.8. The molecule has 5 N–H and O–H groups in total. The number of nitrogens with two attached hydrogens (primary N) is 2. The number of nitrogens with zero attached hydrogens (tertiary/aromatic N) is 5. The van der Waals surface area contributed by atoms with Gasteiger partial charge < -0.3 is 15.9 Å². The Bertz CT molecular complexity index is 5560. The number of benzene rings is 9. The van der Waals surface area contributed by atoms with Crippen LogP contribution < -0.4 is 17.0 Å². The maximum atomic E-state index is 11.5. The van der Waals surface area contributed by atoms with Crippen molar-refractivity contribution in [3.8, 4) is 0 Å². The summed E-state index contributed by atoms with van der Waals surface area (Å²) in [6, 6.07) is 45.5. The fourth-order valence-corrected chi connectivity index (χ4v) is 19.1. The number of hydrogen-bond donors (Lipinski definition) is 3. The zero-order valence-electron chi connectivity index (χ0n) is 70.2. The van der Waals surface area contributed by atoms with E-state index in [1.165, 1.54) is 183 Å². The van der Waals surface area contributed by atoms with Crippen molar-refractivity contribution in [2.45, 2.75) is 251 Å². The third kappa shape index (κ3) is 16.6. The van der Waals surface area contributed by atoms with Gasteiger partial charge in [0.25, 0.3) is 5.56 Å². The Morgan fingerprint density at radius 2 is 0.945 bits per heavy atom. The second kappa shape index (κ2) is 34.0. The summed E-state index contributed by atoms with van der Waals surface area (Å²) in [4.78, 5) is 31.2. The van der Waals surface area contributed by atoms with Gasteiger partial charge in [-0.05, 0) is 298 Å². The predicted molar refractivity (Wildman–Crippen MR) is 472 cm³/mol. The van der Waals surface area contributed by atoms with Gasteiger partial charge in [0.1, 0.15) is 17.8 Å². The second-order valence-corrected chi connectivity index (χ2v) is 34.9. The van der Waals surface area contributed by atoms with E-state index in [1.807, 2.05) is 6.20 Å².